The molecule has 0 saturated heterocycles. The summed E-state index contributed by atoms with van der Waals surface area (Å²) in [6.07, 6.45) is 3.88. The Hall–Kier alpha value is -3.97. The van der Waals surface area contributed by atoms with E-state index in [9.17, 15) is 9.59 Å². The van der Waals surface area contributed by atoms with Crippen molar-refractivity contribution in [2.24, 2.45) is 0 Å². The van der Waals surface area contributed by atoms with E-state index in [-0.39, 0.29) is 23.9 Å². The van der Waals surface area contributed by atoms with E-state index in [2.05, 4.69) is 33.9 Å². The fourth-order valence-corrected chi connectivity index (χ4v) is 5.98. The lowest BCUT2D eigenvalue weighted by atomic mass is 9.99. The van der Waals surface area contributed by atoms with Crippen LogP contribution >= 0.6 is 11.3 Å². The molecule has 1 amide bonds. The standard InChI is InChI=1S/C29H26N4O2S/c1-20-9-11-21(12-10-20)23-18-36-28-26(23)29(35)32(19-30-28)15-13-25(34)33-17-16-31-14-5-8-24(31)27(33)22-6-3-2-4-7-22/h2-12,14,18-19,27H,13,15-17H2,1H3. The van der Waals surface area contributed by atoms with Crippen LogP contribution in [0.5, 0.6) is 0 Å². The molecule has 0 spiro atoms. The third-order valence-corrected chi connectivity index (χ3v) is 7.85. The number of carbonyl (C=O) groups is 1. The third kappa shape index (κ3) is 3.95. The SMILES string of the molecule is Cc1ccc(-c2csc3ncn(CCC(=O)N4CCn5cccc5C4c4ccccc4)c(=O)c23)cc1. The summed E-state index contributed by atoms with van der Waals surface area (Å²) in [6.45, 7) is 3.74. The number of hydrogen-bond donors (Lipinski definition) is 0. The second kappa shape index (κ2) is 9.24. The summed E-state index contributed by atoms with van der Waals surface area (Å²) in [5.74, 6) is 0.0346. The van der Waals surface area contributed by atoms with Gasteiger partial charge >= 0.3 is 0 Å². The van der Waals surface area contributed by atoms with Gasteiger partial charge in [-0.25, -0.2) is 4.98 Å². The molecule has 6 nitrogen and oxygen atoms in total. The lowest BCUT2D eigenvalue weighted by Crippen LogP contribution is -2.42. The molecule has 7 heteroatoms. The van der Waals surface area contributed by atoms with Crippen LogP contribution in [-0.4, -0.2) is 31.5 Å². The predicted molar refractivity (Wildman–Crippen MR) is 143 cm³/mol. The van der Waals surface area contributed by atoms with Crippen molar-refractivity contribution in [3.63, 3.8) is 0 Å². The molecule has 180 valence electrons. The first-order valence-electron chi connectivity index (χ1n) is 12.1. The van der Waals surface area contributed by atoms with Gasteiger partial charge in [-0.2, -0.15) is 0 Å². The first-order chi connectivity index (χ1) is 17.6. The molecule has 6 rings (SSSR count). The topological polar surface area (TPSA) is 60.1 Å². The number of rotatable bonds is 5. The Morgan fingerprint density at radius 1 is 1.03 bits per heavy atom. The third-order valence-electron chi connectivity index (χ3n) is 6.96. The highest BCUT2D eigenvalue weighted by Crippen LogP contribution is 2.33. The summed E-state index contributed by atoms with van der Waals surface area (Å²) in [5.41, 5.74) is 5.17. The molecule has 36 heavy (non-hydrogen) atoms. The summed E-state index contributed by atoms with van der Waals surface area (Å²) in [6, 6.07) is 22.3. The van der Waals surface area contributed by atoms with Gasteiger partial charge in [0.1, 0.15) is 4.83 Å². The number of carbonyl (C=O) groups excluding carboxylic acids is 1. The number of fused-ring (bicyclic) bond motifs is 2. The van der Waals surface area contributed by atoms with Crippen LogP contribution < -0.4 is 5.56 Å². The van der Waals surface area contributed by atoms with Crippen molar-refractivity contribution >= 4 is 27.5 Å². The molecule has 0 radical (unpaired) electrons. The summed E-state index contributed by atoms with van der Waals surface area (Å²) < 4.78 is 3.79. The number of hydrogen-bond acceptors (Lipinski definition) is 4. The summed E-state index contributed by atoms with van der Waals surface area (Å²) in [7, 11) is 0. The molecule has 0 bridgehead atoms. The Morgan fingerprint density at radius 2 is 1.83 bits per heavy atom. The quantitative estimate of drug-likeness (QED) is 0.335. The Morgan fingerprint density at radius 3 is 2.64 bits per heavy atom. The van der Waals surface area contributed by atoms with Gasteiger partial charge in [-0.05, 0) is 30.2 Å². The number of nitrogens with zero attached hydrogens (tertiary/aromatic N) is 4. The van der Waals surface area contributed by atoms with Gasteiger partial charge in [-0.15, -0.1) is 11.3 Å². The van der Waals surface area contributed by atoms with Crippen molar-refractivity contribution in [2.45, 2.75) is 32.5 Å². The molecule has 4 heterocycles. The molecule has 0 fully saturated rings. The first kappa shape index (κ1) is 22.5. The van der Waals surface area contributed by atoms with E-state index < -0.39 is 0 Å². The average molecular weight is 495 g/mol. The zero-order valence-electron chi connectivity index (χ0n) is 20.0. The van der Waals surface area contributed by atoms with Crippen molar-refractivity contribution in [3.8, 4) is 11.1 Å². The summed E-state index contributed by atoms with van der Waals surface area (Å²) in [5, 5.41) is 2.61. The highest BCUT2D eigenvalue weighted by molar-refractivity contribution is 7.17. The molecule has 1 aliphatic rings. The minimum Gasteiger partial charge on any atom is -0.348 e. The Balaban J connectivity index is 1.27. The monoisotopic (exact) mass is 494 g/mol. The smallest absolute Gasteiger partial charge is 0.262 e. The maximum absolute atomic E-state index is 13.5. The molecule has 3 aromatic heterocycles. The molecule has 2 aromatic carbocycles. The number of aryl methyl sites for hydroxylation is 2. The fourth-order valence-electron chi connectivity index (χ4n) is 5.07. The van der Waals surface area contributed by atoms with E-state index in [0.717, 1.165) is 33.8 Å². The Labute approximate surface area is 213 Å². The average Bonchev–Trinajstić information content (AvgIpc) is 3.56. The van der Waals surface area contributed by atoms with Gasteiger partial charge in [0.2, 0.25) is 5.91 Å². The Bertz CT molecular complexity index is 1600. The maximum Gasteiger partial charge on any atom is 0.262 e. The van der Waals surface area contributed by atoms with E-state index in [1.165, 1.54) is 16.9 Å². The van der Waals surface area contributed by atoms with Gasteiger partial charge in [0.25, 0.3) is 5.56 Å². The van der Waals surface area contributed by atoms with Crippen LogP contribution in [0.4, 0.5) is 0 Å². The highest BCUT2D eigenvalue weighted by Gasteiger charge is 2.31. The second-order valence-electron chi connectivity index (χ2n) is 9.22. The van der Waals surface area contributed by atoms with Gasteiger partial charge in [0, 0.05) is 48.9 Å². The van der Waals surface area contributed by atoms with Crippen LogP contribution in [0.15, 0.2) is 89.4 Å². The fraction of sp³-hybridized carbons (Fsp3) is 0.207. The van der Waals surface area contributed by atoms with Crippen LogP contribution in [0.3, 0.4) is 0 Å². The molecule has 1 unspecified atom stereocenters. The van der Waals surface area contributed by atoms with Gasteiger partial charge in [-0.3, -0.25) is 14.2 Å². The zero-order valence-corrected chi connectivity index (χ0v) is 20.8. The highest BCUT2D eigenvalue weighted by atomic mass is 32.1. The van der Waals surface area contributed by atoms with E-state index >= 15 is 0 Å². The first-order valence-corrected chi connectivity index (χ1v) is 13.0. The van der Waals surface area contributed by atoms with Crippen LogP contribution in [0.2, 0.25) is 0 Å². The number of benzene rings is 2. The van der Waals surface area contributed by atoms with Crippen LogP contribution in [0.1, 0.15) is 29.3 Å². The van der Waals surface area contributed by atoms with Gasteiger partial charge < -0.3 is 9.47 Å². The lowest BCUT2D eigenvalue weighted by Gasteiger charge is -2.37. The lowest BCUT2D eigenvalue weighted by molar-refractivity contribution is -0.134. The van der Waals surface area contributed by atoms with Gasteiger partial charge in [-0.1, -0.05) is 60.2 Å². The molecule has 0 N–H and O–H groups in total. The van der Waals surface area contributed by atoms with E-state index in [0.29, 0.717) is 18.5 Å². The minimum atomic E-state index is -0.134. The van der Waals surface area contributed by atoms with Crippen LogP contribution in [0, 0.1) is 6.92 Å². The van der Waals surface area contributed by atoms with Crippen molar-refractivity contribution < 1.29 is 4.79 Å². The number of thiophene rings is 1. The van der Waals surface area contributed by atoms with Gasteiger partial charge in [0.05, 0.1) is 17.8 Å². The maximum atomic E-state index is 13.5. The summed E-state index contributed by atoms with van der Waals surface area (Å²) >= 11 is 1.47. The molecule has 1 aliphatic heterocycles. The summed E-state index contributed by atoms with van der Waals surface area (Å²) in [4.78, 5) is 34.2. The van der Waals surface area contributed by atoms with Crippen molar-refractivity contribution in [1.82, 2.24) is 19.0 Å². The minimum absolute atomic E-state index is 0.0346. The molecule has 5 aromatic rings. The van der Waals surface area contributed by atoms with Crippen molar-refractivity contribution in [3.05, 3.63) is 112 Å². The normalized spacial score (nSPS) is 15.2. The largest absolute Gasteiger partial charge is 0.348 e. The van der Waals surface area contributed by atoms with Crippen LogP contribution in [-0.2, 0) is 17.9 Å². The number of aromatic nitrogens is 3. The second-order valence-corrected chi connectivity index (χ2v) is 10.1. The van der Waals surface area contributed by atoms with E-state index in [1.807, 2.05) is 65.7 Å². The molecule has 1 atom stereocenters. The molecular formula is C29H26N4O2S. The van der Waals surface area contributed by atoms with E-state index in [1.54, 1.807) is 10.9 Å². The zero-order chi connectivity index (χ0) is 24.6. The molecular weight excluding hydrogens is 468 g/mol. The Kier molecular flexibility index (Phi) is 5.77. The molecule has 0 aliphatic carbocycles. The van der Waals surface area contributed by atoms with Gasteiger partial charge in [0.15, 0.2) is 0 Å². The van der Waals surface area contributed by atoms with Crippen molar-refractivity contribution in [2.75, 3.05) is 6.54 Å². The van der Waals surface area contributed by atoms with Crippen LogP contribution in [0.25, 0.3) is 21.3 Å². The van der Waals surface area contributed by atoms with E-state index in [4.69, 9.17) is 0 Å². The number of amides is 1. The predicted octanol–water partition coefficient (Wildman–Crippen LogP) is 5.26. The van der Waals surface area contributed by atoms with Crippen molar-refractivity contribution in [1.29, 1.82) is 0 Å². The molecule has 0 saturated carbocycles.